The smallest absolute Gasteiger partial charge is 0.0667 e. The maximum Gasteiger partial charge on any atom is 0.0667 e. The van der Waals surface area contributed by atoms with Crippen LogP contribution in [-0.2, 0) is 0 Å². The molecule has 0 heterocycles. The van der Waals surface area contributed by atoms with Crippen LogP contribution in [0, 0.1) is 0 Å². The molecule has 0 aromatic rings. The minimum absolute atomic E-state index is 0.279. The lowest BCUT2D eigenvalue weighted by molar-refractivity contribution is 0.0639. The Balaban J connectivity index is 3.71. The fourth-order valence-electron chi connectivity index (χ4n) is 4.91. The molecular formula is C30H63NO2S. The molecule has 34 heavy (non-hydrogen) atoms. The summed E-state index contributed by atoms with van der Waals surface area (Å²) in [5, 5.41) is 21.0. The molecule has 0 aromatic carbocycles. The Bertz CT molecular complexity index is 351. The summed E-state index contributed by atoms with van der Waals surface area (Å²) in [5.41, 5.74) is 0. The van der Waals surface area contributed by atoms with E-state index in [4.69, 9.17) is 0 Å². The van der Waals surface area contributed by atoms with Crippen LogP contribution in [0.4, 0.5) is 0 Å². The number of hydrogen-bond donors (Lipinski definition) is 3. The number of unbranched alkanes of at least 4 members (excludes halogenated alkanes) is 18. The van der Waals surface area contributed by atoms with Crippen LogP contribution in [0.1, 0.15) is 155 Å². The van der Waals surface area contributed by atoms with E-state index in [1.165, 1.54) is 116 Å². The normalized spacial score (nSPS) is 13.6. The molecule has 0 saturated heterocycles. The van der Waals surface area contributed by atoms with Crippen molar-refractivity contribution in [3.8, 4) is 0 Å². The first kappa shape index (κ1) is 34.2. The van der Waals surface area contributed by atoms with Crippen LogP contribution in [0.2, 0.25) is 0 Å². The number of nitrogens with zero attached hydrogens (tertiary/aromatic N) is 1. The molecule has 206 valence electrons. The molecule has 0 rings (SSSR count). The van der Waals surface area contributed by atoms with Gasteiger partial charge in [0.25, 0.3) is 0 Å². The van der Waals surface area contributed by atoms with Crippen molar-refractivity contribution in [1.82, 2.24) is 4.90 Å². The van der Waals surface area contributed by atoms with Crippen molar-refractivity contribution >= 4 is 12.6 Å². The van der Waals surface area contributed by atoms with Crippen molar-refractivity contribution in [2.45, 2.75) is 167 Å². The molecule has 0 saturated carbocycles. The average Bonchev–Trinajstić information content (AvgIpc) is 2.81. The largest absolute Gasteiger partial charge is 0.392 e. The van der Waals surface area contributed by atoms with Gasteiger partial charge >= 0.3 is 0 Å². The zero-order chi connectivity index (χ0) is 25.1. The van der Waals surface area contributed by atoms with Crippen LogP contribution < -0.4 is 0 Å². The summed E-state index contributed by atoms with van der Waals surface area (Å²) in [5.74, 6) is 0.774. The molecule has 0 aliphatic carbocycles. The van der Waals surface area contributed by atoms with E-state index in [2.05, 4.69) is 31.4 Å². The highest BCUT2D eigenvalue weighted by Crippen LogP contribution is 2.14. The van der Waals surface area contributed by atoms with Crippen LogP contribution in [0.25, 0.3) is 0 Å². The predicted octanol–water partition coefficient (Wildman–Crippen LogP) is 8.56. The molecule has 2 unspecified atom stereocenters. The summed E-state index contributed by atoms with van der Waals surface area (Å²) in [7, 11) is 0. The van der Waals surface area contributed by atoms with Gasteiger partial charge in [-0.3, -0.25) is 4.90 Å². The highest BCUT2D eigenvalue weighted by molar-refractivity contribution is 7.80. The number of aliphatic hydroxyl groups is 2. The van der Waals surface area contributed by atoms with Crippen molar-refractivity contribution in [3.05, 3.63) is 0 Å². The highest BCUT2D eigenvalue weighted by atomic mass is 32.1. The molecule has 0 radical (unpaired) electrons. The lowest BCUT2D eigenvalue weighted by Gasteiger charge is -2.27. The second-order valence-electron chi connectivity index (χ2n) is 10.7. The topological polar surface area (TPSA) is 43.7 Å². The standard InChI is InChI=1S/C30H63NO2S/c1-3-5-7-9-11-13-15-17-19-21-23-29(32)27-31(25-26-34)28-30(33)24-22-20-18-16-14-12-10-8-6-4-2/h29-30,32-34H,3-28H2,1-2H3. The Morgan fingerprint density at radius 2 is 0.794 bits per heavy atom. The molecule has 2 atom stereocenters. The summed E-state index contributed by atoms with van der Waals surface area (Å²) in [4.78, 5) is 2.22. The second-order valence-corrected chi connectivity index (χ2v) is 11.2. The molecular weight excluding hydrogens is 438 g/mol. The summed E-state index contributed by atoms with van der Waals surface area (Å²) in [6.07, 6.45) is 27.8. The van der Waals surface area contributed by atoms with Crippen LogP contribution in [-0.4, -0.2) is 52.7 Å². The van der Waals surface area contributed by atoms with Gasteiger partial charge in [-0.05, 0) is 12.8 Å². The first-order chi connectivity index (χ1) is 16.6. The quantitative estimate of drug-likeness (QED) is 0.0743. The number of hydrogen-bond acceptors (Lipinski definition) is 4. The molecule has 0 fully saturated rings. The van der Waals surface area contributed by atoms with E-state index in [1.54, 1.807) is 0 Å². The molecule has 2 N–H and O–H groups in total. The molecule has 0 bridgehead atoms. The average molecular weight is 502 g/mol. The van der Waals surface area contributed by atoms with Gasteiger partial charge in [0.15, 0.2) is 0 Å². The van der Waals surface area contributed by atoms with Gasteiger partial charge in [0, 0.05) is 25.4 Å². The van der Waals surface area contributed by atoms with Gasteiger partial charge in [-0.25, -0.2) is 0 Å². The zero-order valence-electron chi connectivity index (χ0n) is 23.3. The van der Waals surface area contributed by atoms with E-state index in [0.29, 0.717) is 13.1 Å². The van der Waals surface area contributed by atoms with Crippen LogP contribution in [0.3, 0.4) is 0 Å². The maximum atomic E-state index is 10.5. The Hall–Kier alpha value is 0.230. The highest BCUT2D eigenvalue weighted by Gasteiger charge is 2.15. The van der Waals surface area contributed by atoms with Crippen LogP contribution in [0.5, 0.6) is 0 Å². The van der Waals surface area contributed by atoms with E-state index in [-0.39, 0.29) is 12.2 Å². The van der Waals surface area contributed by atoms with E-state index in [9.17, 15) is 10.2 Å². The predicted molar refractivity (Wildman–Crippen MR) is 155 cm³/mol. The fourth-order valence-corrected chi connectivity index (χ4v) is 5.19. The summed E-state index contributed by atoms with van der Waals surface area (Å²) in [6.45, 7) is 6.73. The second kappa shape index (κ2) is 27.8. The Morgan fingerprint density at radius 1 is 0.500 bits per heavy atom. The van der Waals surface area contributed by atoms with Gasteiger partial charge in [0.05, 0.1) is 12.2 Å². The molecule has 0 spiro atoms. The minimum Gasteiger partial charge on any atom is -0.392 e. The van der Waals surface area contributed by atoms with Crippen molar-refractivity contribution in [2.24, 2.45) is 0 Å². The van der Waals surface area contributed by atoms with Crippen molar-refractivity contribution in [1.29, 1.82) is 0 Å². The van der Waals surface area contributed by atoms with Gasteiger partial charge in [0.2, 0.25) is 0 Å². The van der Waals surface area contributed by atoms with Crippen LogP contribution >= 0.6 is 12.6 Å². The molecule has 3 nitrogen and oxygen atoms in total. The van der Waals surface area contributed by atoms with E-state index in [1.807, 2.05) is 0 Å². The molecule has 4 heteroatoms. The van der Waals surface area contributed by atoms with Crippen molar-refractivity contribution < 1.29 is 10.2 Å². The van der Waals surface area contributed by atoms with Gasteiger partial charge in [-0.15, -0.1) is 0 Å². The number of thiol groups is 1. The van der Waals surface area contributed by atoms with Gasteiger partial charge in [-0.2, -0.15) is 12.6 Å². The summed E-state index contributed by atoms with van der Waals surface area (Å²) >= 11 is 4.39. The number of rotatable bonds is 28. The summed E-state index contributed by atoms with van der Waals surface area (Å²) < 4.78 is 0. The molecule has 0 aliphatic heterocycles. The SMILES string of the molecule is CCCCCCCCCCCCC(O)CN(CCS)CC(O)CCCCCCCCCCCC. The fraction of sp³-hybridized carbons (Fsp3) is 1.00. The van der Waals surface area contributed by atoms with Gasteiger partial charge in [0.1, 0.15) is 0 Å². The zero-order valence-corrected chi connectivity index (χ0v) is 24.2. The Morgan fingerprint density at radius 3 is 1.09 bits per heavy atom. The lowest BCUT2D eigenvalue weighted by atomic mass is 10.0. The van der Waals surface area contributed by atoms with Gasteiger partial charge < -0.3 is 10.2 Å². The van der Waals surface area contributed by atoms with E-state index < -0.39 is 0 Å². The third-order valence-corrected chi connectivity index (χ3v) is 7.34. The molecule has 0 aromatic heterocycles. The van der Waals surface area contributed by atoms with E-state index >= 15 is 0 Å². The van der Waals surface area contributed by atoms with E-state index in [0.717, 1.165) is 38.0 Å². The minimum atomic E-state index is -0.279. The first-order valence-electron chi connectivity index (χ1n) is 15.3. The van der Waals surface area contributed by atoms with Crippen molar-refractivity contribution in [3.63, 3.8) is 0 Å². The Labute approximate surface area is 220 Å². The third-order valence-electron chi connectivity index (χ3n) is 7.14. The van der Waals surface area contributed by atoms with Gasteiger partial charge in [-0.1, -0.05) is 142 Å². The Kier molecular flexibility index (Phi) is 28.0. The number of aliphatic hydroxyl groups excluding tert-OH is 2. The lowest BCUT2D eigenvalue weighted by Crippen LogP contribution is -2.39. The van der Waals surface area contributed by atoms with Crippen molar-refractivity contribution in [2.75, 3.05) is 25.4 Å². The molecule has 0 amide bonds. The van der Waals surface area contributed by atoms with Crippen LogP contribution in [0.15, 0.2) is 0 Å². The molecule has 0 aliphatic rings. The summed E-state index contributed by atoms with van der Waals surface area (Å²) in [6, 6.07) is 0. The third kappa shape index (κ3) is 25.3. The monoisotopic (exact) mass is 501 g/mol. The first-order valence-corrected chi connectivity index (χ1v) is 16.0. The maximum absolute atomic E-state index is 10.5.